The molecule has 2 N–H and O–H groups in total. The molecule has 64 valence electrons. The Kier molecular flexibility index (Phi) is 1.12. The minimum absolute atomic E-state index is 0.126. The number of nitrogens with zero attached hydrogens (tertiary/aromatic N) is 1. The van der Waals surface area contributed by atoms with E-state index >= 15 is 0 Å². The molecular formula is C9H12N2S. The molecule has 0 amide bonds. The van der Waals surface area contributed by atoms with Gasteiger partial charge in [0.25, 0.3) is 0 Å². The Morgan fingerprint density at radius 1 is 1.33 bits per heavy atom. The van der Waals surface area contributed by atoms with Gasteiger partial charge >= 0.3 is 0 Å². The van der Waals surface area contributed by atoms with Crippen LogP contribution in [0.4, 0.5) is 0 Å². The Hall–Kier alpha value is -0.410. The van der Waals surface area contributed by atoms with Crippen LogP contribution in [0.15, 0.2) is 10.9 Å². The Labute approximate surface area is 75.8 Å². The second-order valence-corrected chi connectivity index (χ2v) is 4.83. The van der Waals surface area contributed by atoms with Gasteiger partial charge in [-0.25, -0.2) is 4.98 Å². The number of rotatable bonds is 2. The molecule has 0 radical (unpaired) electrons. The average molecular weight is 180 g/mol. The van der Waals surface area contributed by atoms with E-state index in [0.29, 0.717) is 5.41 Å². The van der Waals surface area contributed by atoms with Crippen LogP contribution in [0.1, 0.15) is 31.4 Å². The van der Waals surface area contributed by atoms with Crippen LogP contribution in [0, 0.1) is 0 Å². The van der Waals surface area contributed by atoms with Crippen LogP contribution < -0.4 is 5.73 Å². The predicted molar refractivity (Wildman–Crippen MR) is 49.2 cm³/mol. The number of hydrogen-bond donors (Lipinski definition) is 1. The minimum atomic E-state index is 0.126. The summed E-state index contributed by atoms with van der Waals surface area (Å²) in [7, 11) is 0. The Balaban J connectivity index is 2.02. The molecule has 3 heteroatoms. The summed E-state index contributed by atoms with van der Waals surface area (Å²) >= 11 is 1.68. The molecule has 0 spiro atoms. The molecule has 3 rings (SSSR count). The van der Waals surface area contributed by atoms with Crippen LogP contribution in [0.5, 0.6) is 0 Å². The maximum atomic E-state index is 6.24. The summed E-state index contributed by atoms with van der Waals surface area (Å²) in [5.41, 5.74) is 9.84. The fraction of sp³-hybridized carbons (Fsp3) is 0.667. The Morgan fingerprint density at radius 2 is 2.08 bits per heavy atom. The lowest BCUT2D eigenvalue weighted by atomic mass is 9.91. The van der Waals surface area contributed by atoms with Crippen molar-refractivity contribution in [1.29, 1.82) is 0 Å². The zero-order valence-corrected chi connectivity index (χ0v) is 7.73. The maximum Gasteiger partial charge on any atom is 0.0794 e. The molecule has 2 nitrogen and oxygen atoms in total. The van der Waals surface area contributed by atoms with Gasteiger partial charge in [0.1, 0.15) is 0 Å². The van der Waals surface area contributed by atoms with E-state index in [1.807, 2.05) is 5.51 Å². The zero-order chi connectivity index (χ0) is 8.23. The topological polar surface area (TPSA) is 38.9 Å². The molecule has 0 atom stereocenters. The molecule has 2 aliphatic carbocycles. The van der Waals surface area contributed by atoms with Crippen molar-refractivity contribution in [3.8, 4) is 0 Å². The van der Waals surface area contributed by atoms with Gasteiger partial charge in [-0.2, -0.15) is 0 Å². The van der Waals surface area contributed by atoms with E-state index < -0.39 is 0 Å². The van der Waals surface area contributed by atoms with Crippen LogP contribution in [-0.4, -0.2) is 10.5 Å². The summed E-state index contributed by atoms with van der Waals surface area (Å²) in [5, 5.41) is 2.17. The van der Waals surface area contributed by atoms with Gasteiger partial charge in [0.2, 0.25) is 0 Å². The molecule has 0 aromatic carbocycles. The van der Waals surface area contributed by atoms with Gasteiger partial charge in [0, 0.05) is 16.3 Å². The highest BCUT2D eigenvalue weighted by Crippen LogP contribution is 2.63. The maximum absolute atomic E-state index is 6.24. The standard InChI is InChI=1S/C9H12N2S/c10-9(3-4-9)8(1-2-8)7-5-12-6-11-7/h5-6H,1-4,10H2. The van der Waals surface area contributed by atoms with E-state index in [9.17, 15) is 0 Å². The quantitative estimate of drug-likeness (QED) is 0.752. The van der Waals surface area contributed by atoms with E-state index in [4.69, 9.17) is 5.73 Å². The fourth-order valence-corrected chi connectivity index (χ4v) is 2.85. The first kappa shape index (κ1) is 7.04. The summed E-state index contributed by atoms with van der Waals surface area (Å²) < 4.78 is 0. The molecule has 0 bridgehead atoms. The Bertz CT molecular complexity index is 296. The molecule has 0 unspecified atom stereocenters. The molecule has 2 saturated carbocycles. The van der Waals surface area contributed by atoms with Crippen molar-refractivity contribution in [2.24, 2.45) is 5.73 Å². The van der Waals surface area contributed by atoms with Crippen molar-refractivity contribution in [1.82, 2.24) is 4.98 Å². The molecule has 0 aliphatic heterocycles. The lowest BCUT2D eigenvalue weighted by molar-refractivity contribution is 0.493. The fourth-order valence-electron chi connectivity index (χ4n) is 2.20. The molecule has 2 aliphatic rings. The number of nitrogens with two attached hydrogens (primary N) is 1. The van der Waals surface area contributed by atoms with Crippen LogP contribution in [0.25, 0.3) is 0 Å². The van der Waals surface area contributed by atoms with E-state index in [-0.39, 0.29) is 5.54 Å². The highest BCUT2D eigenvalue weighted by atomic mass is 32.1. The minimum Gasteiger partial charge on any atom is -0.324 e. The van der Waals surface area contributed by atoms with Gasteiger partial charge in [0.15, 0.2) is 0 Å². The molecule has 12 heavy (non-hydrogen) atoms. The predicted octanol–water partition coefficient (Wildman–Crippen LogP) is 1.67. The third kappa shape index (κ3) is 0.709. The van der Waals surface area contributed by atoms with Crippen LogP contribution in [0.3, 0.4) is 0 Å². The highest BCUT2D eigenvalue weighted by Gasteiger charge is 2.65. The third-order valence-electron chi connectivity index (χ3n) is 3.41. The van der Waals surface area contributed by atoms with Crippen LogP contribution >= 0.6 is 11.3 Å². The molecule has 2 fully saturated rings. The smallest absolute Gasteiger partial charge is 0.0794 e. The van der Waals surface area contributed by atoms with Gasteiger partial charge in [-0.1, -0.05) is 0 Å². The van der Waals surface area contributed by atoms with Crippen molar-refractivity contribution in [2.45, 2.75) is 36.6 Å². The molecule has 1 aromatic heterocycles. The highest BCUT2D eigenvalue weighted by molar-refractivity contribution is 7.07. The third-order valence-corrected chi connectivity index (χ3v) is 4.00. The summed E-state index contributed by atoms with van der Waals surface area (Å²) in [5.74, 6) is 0. The van der Waals surface area contributed by atoms with E-state index in [1.54, 1.807) is 11.3 Å². The van der Waals surface area contributed by atoms with E-state index in [0.717, 1.165) is 0 Å². The number of aromatic nitrogens is 1. The molecule has 1 aromatic rings. The van der Waals surface area contributed by atoms with Crippen LogP contribution in [-0.2, 0) is 5.41 Å². The normalized spacial score (nSPS) is 28.4. The number of hydrogen-bond acceptors (Lipinski definition) is 3. The monoisotopic (exact) mass is 180 g/mol. The summed E-state index contributed by atoms with van der Waals surface area (Å²) in [6.07, 6.45) is 4.91. The molecule has 1 heterocycles. The van der Waals surface area contributed by atoms with Crippen molar-refractivity contribution in [3.63, 3.8) is 0 Å². The SMILES string of the molecule is NC1(C2(c3cscn3)CC2)CC1. The summed E-state index contributed by atoms with van der Waals surface area (Å²) in [6, 6.07) is 0. The number of thiazole rings is 1. The Morgan fingerprint density at radius 3 is 2.50 bits per heavy atom. The van der Waals surface area contributed by atoms with Gasteiger partial charge in [0.05, 0.1) is 11.2 Å². The van der Waals surface area contributed by atoms with Gasteiger partial charge in [-0.3, -0.25) is 0 Å². The van der Waals surface area contributed by atoms with Gasteiger partial charge in [-0.15, -0.1) is 11.3 Å². The summed E-state index contributed by atoms with van der Waals surface area (Å²) in [6.45, 7) is 0. The van der Waals surface area contributed by atoms with E-state index in [2.05, 4.69) is 10.4 Å². The molecule has 0 saturated heterocycles. The molecular weight excluding hydrogens is 168 g/mol. The average Bonchev–Trinajstić information content (AvgIpc) is 2.96. The van der Waals surface area contributed by atoms with Crippen molar-refractivity contribution in [2.75, 3.05) is 0 Å². The lowest BCUT2D eigenvalue weighted by Gasteiger charge is -2.20. The second-order valence-electron chi connectivity index (χ2n) is 4.11. The van der Waals surface area contributed by atoms with Crippen molar-refractivity contribution >= 4 is 11.3 Å². The zero-order valence-electron chi connectivity index (χ0n) is 6.92. The first-order valence-electron chi connectivity index (χ1n) is 4.44. The van der Waals surface area contributed by atoms with Crippen molar-refractivity contribution in [3.05, 3.63) is 16.6 Å². The largest absolute Gasteiger partial charge is 0.324 e. The summed E-state index contributed by atoms with van der Waals surface area (Å²) in [4.78, 5) is 4.40. The van der Waals surface area contributed by atoms with Gasteiger partial charge < -0.3 is 5.73 Å². The first-order valence-corrected chi connectivity index (χ1v) is 5.39. The van der Waals surface area contributed by atoms with E-state index in [1.165, 1.54) is 31.4 Å². The second kappa shape index (κ2) is 1.91. The first-order chi connectivity index (χ1) is 5.77. The van der Waals surface area contributed by atoms with Crippen LogP contribution in [0.2, 0.25) is 0 Å². The van der Waals surface area contributed by atoms with Gasteiger partial charge in [-0.05, 0) is 25.7 Å². The lowest BCUT2D eigenvalue weighted by Crippen LogP contribution is -2.37. The van der Waals surface area contributed by atoms with Crippen molar-refractivity contribution < 1.29 is 0 Å².